The van der Waals surface area contributed by atoms with Gasteiger partial charge in [-0.2, -0.15) is 0 Å². The number of amides is 3. The number of nitrogens with one attached hydrogen (secondary N) is 3. The van der Waals surface area contributed by atoms with Gasteiger partial charge in [-0.3, -0.25) is 4.79 Å². The number of carbonyl (C=O) groups excluding carboxylic acids is 3. The molecular formula is C17H25N3O4. The molecule has 0 bridgehead atoms. The third kappa shape index (κ3) is 5.57. The first-order valence-corrected chi connectivity index (χ1v) is 7.85. The van der Waals surface area contributed by atoms with Crippen LogP contribution in [0.2, 0.25) is 0 Å². The number of methoxy groups -OCH3 is 1. The summed E-state index contributed by atoms with van der Waals surface area (Å²) in [7, 11) is 1.31. The smallest absolute Gasteiger partial charge is 0.337 e. The number of urea groups is 1. The second kappa shape index (κ2) is 8.90. The molecule has 0 aromatic heterocycles. The first-order chi connectivity index (χ1) is 11.3. The number of carbonyl (C=O) groups is 3. The van der Waals surface area contributed by atoms with Crippen LogP contribution in [0, 0.1) is 6.92 Å². The van der Waals surface area contributed by atoms with Crippen molar-refractivity contribution in [1.82, 2.24) is 10.6 Å². The molecule has 3 amide bonds. The Hall–Kier alpha value is -2.57. The van der Waals surface area contributed by atoms with Crippen LogP contribution in [0.25, 0.3) is 0 Å². The fourth-order valence-electron chi connectivity index (χ4n) is 1.94. The van der Waals surface area contributed by atoms with Crippen LogP contribution in [0.5, 0.6) is 0 Å². The lowest BCUT2D eigenvalue weighted by Crippen LogP contribution is -2.48. The van der Waals surface area contributed by atoms with Crippen molar-refractivity contribution in [3.63, 3.8) is 0 Å². The van der Waals surface area contributed by atoms with E-state index in [0.717, 1.165) is 6.42 Å². The number of rotatable bonds is 6. The van der Waals surface area contributed by atoms with Crippen LogP contribution in [0.4, 0.5) is 10.5 Å². The van der Waals surface area contributed by atoms with E-state index in [9.17, 15) is 14.4 Å². The van der Waals surface area contributed by atoms with Crippen molar-refractivity contribution in [3.8, 4) is 0 Å². The molecule has 0 saturated carbocycles. The zero-order valence-electron chi connectivity index (χ0n) is 14.7. The molecule has 132 valence electrons. The average molecular weight is 335 g/mol. The predicted octanol–water partition coefficient (Wildman–Crippen LogP) is 2.21. The van der Waals surface area contributed by atoms with Crippen LogP contribution in [0.15, 0.2) is 18.2 Å². The summed E-state index contributed by atoms with van der Waals surface area (Å²) >= 11 is 0. The van der Waals surface area contributed by atoms with Crippen molar-refractivity contribution in [2.75, 3.05) is 12.4 Å². The van der Waals surface area contributed by atoms with Crippen LogP contribution in [-0.4, -0.2) is 37.1 Å². The summed E-state index contributed by atoms with van der Waals surface area (Å²) in [6, 6.07) is 3.71. The van der Waals surface area contributed by atoms with Crippen molar-refractivity contribution in [1.29, 1.82) is 0 Å². The molecule has 0 spiro atoms. The predicted molar refractivity (Wildman–Crippen MR) is 92.0 cm³/mol. The van der Waals surface area contributed by atoms with Gasteiger partial charge in [-0.1, -0.05) is 6.92 Å². The summed E-state index contributed by atoms with van der Waals surface area (Å²) < 4.78 is 4.65. The molecule has 0 radical (unpaired) electrons. The molecule has 0 aliphatic rings. The van der Waals surface area contributed by atoms with Gasteiger partial charge in [0, 0.05) is 11.7 Å². The normalized spacial score (nSPS) is 12.7. The maximum Gasteiger partial charge on any atom is 0.337 e. The van der Waals surface area contributed by atoms with Gasteiger partial charge in [-0.15, -0.1) is 0 Å². The third-order valence-corrected chi connectivity index (χ3v) is 3.64. The molecule has 0 fully saturated rings. The number of benzene rings is 1. The fraction of sp³-hybridized carbons (Fsp3) is 0.471. The Labute approximate surface area is 142 Å². The zero-order valence-corrected chi connectivity index (χ0v) is 14.7. The minimum Gasteiger partial charge on any atom is -0.465 e. The van der Waals surface area contributed by atoms with E-state index in [0.29, 0.717) is 16.8 Å². The van der Waals surface area contributed by atoms with E-state index in [2.05, 4.69) is 20.7 Å². The Morgan fingerprint density at radius 2 is 1.83 bits per heavy atom. The lowest BCUT2D eigenvalue weighted by atomic mass is 10.1. The van der Waals surface area contributed by atoms with Crippen LogP contribution in [0.1, 0.15) is 43.1 Å². The van der Waals surface area contributed by atoms with Gasteiger partial charge in [0.2, 0.25) is 5.91 Å². The molecule has 7 nitrogen and oxygen atoms in total. The number of ether oxygens (including phenoxy) is 1. The first kappa shape index (κ1) is 19.5. The third-order valence-electron chi connectivity index (χ3n) is 3.64. The highest BCUT2D eigenvalue weighted by atomic mass is 16.5. The summed E-state index contributed by atoms with van der Waals surface area (Å²) in [6.07, 6.45) is 0.816. The first-order valence-electron chi connectivity index (χ1n) is 7.85. The monoisotopic (exact) mass is 335 g/mol. The molecule has 0 unspecified atom stereocenters. The molecule has 2 atom stereocenters. The molecule has 0 saturated heterocycles. The Bertz CT molecular complexity index is 616. The lowest BCUT2D eigenvalue weighted by Gasteiger charge is -2.18. The average Bonchev–Trinajstić information content (AvgIpc) is 2.55. The number of anilines is 1. The maximum absolute atomic E-state index is 12.0. The van der Waals surface area contributed by atoms with Crippen molar-refractivity contribution in [2.24, 2.45) is 0 Å². The van der Waals surface area contributed by atoms with Gasteiger partial charge >= 0.3 is 12.0 Å². The van der Waals surface area contributed by atoms with Gasteiger partial charge in [0.15, 0.2) is 0 Å². The molecular weight excluding hydrogens is 310 g/mol. The van der Waals surface area contributed by atoms with Gasteiger partial charge in [-0.25, -0.2) is 9.59 Å². The van der Waals surface area contributed by atoms with Crippen molar-refractivity contribution >= 4 is 23.6 Å². The molecule has 0 aliphatic heterocycles. The van der Waals surface area contributed by atoms with Gasteiger partial charge in [0.1, 0.15) is 6.04 Å². The number of hydrogen-bond acceptors (Lipinski definition) is 4. The molecule has 1 rings (SSSR count). The Balaban J connectivity index is 2.65. The minimum absolute atomic E-state index is 0.0536. The largest absolute Gasteiger partial charge is 0.465 e. The van der Waals surface area contributed by atoms with E-state index in [-0.39, 0.29) is 11.9 Å². The zero-order chi connectivity index (χ0) is 18.3. The molecule has 0 heterocycles. The SMILES string of the molecule is CC[C@@H](C)NC(=O)[C@@H](C)NC(=O)Nc1ccc(C(=O)OC)cc1C. The Kier molecular flexibility index (Phi) is 7.23. The highest BCUT2D eigenvalue weighted by molar-refractivity contribution is 5.95. The summed E-state index contributed by atoms with van der Waals surface area (Å²) in [4.78, 5) is 35.4. The Morgan fingerprint density at radius 1 is 1.17 bits per heavy atom. The van der Waals surface area contributed by atoms with Crippen molar-refractivity contribution < 1.29 is 19.1 Å². The van der Waals surface area contributed by atoms with Gasteiger partial charge in [0.25, 0.3) is 0 Å². The number of aryl methyl sites for hydroxylation is 1. The second-order valence-electron chi connectivity index (χ2n) is 5.66. The molecule has 7 heteroatoms. The molecule has 1 aromatic carbocycles. The van der Waals surface area contributed by atoms with E-state index in [1.54, 1.807) is 32.0 Å². The van der Waals surface area contributed by atoms with Crippen LogP contribution < -0.4 is 16.0 Å². The van der Waals surface area contributed by atoms with Gasteiger partial charge in [0.05, 0.1) is 12.7 Å². The quantitative estimate of drug-likeness (QED) is 0.694. The molecule has 0 aliphatic carbocycles. The molecule has 24 heavy (non-hydrogen) atoms. The lowest BCUT2D eigenvalue weighted by molar-refractivity contribution is -0.123. The summed E-state index contributed by atoms with van der Waals surface area (Å²) in [5.74, 6) is -0.679. The van der Waals surface area contributed by atoms with Crippen molar-refractivity contribution in [2.45, 2.75) is 46.2 Å². The highest BCUT2D eigenvalue weighted by Crippen LogP contribution is 2.17. The summed E-state index contributed by atoms with van der Waals surface area (Å²) in [5, 5.41) is 8.05. The van der Waals surface area contributed by atoms with E-state index in [1.165, 1.54) is 7.11 Å². The van der Waals surface area contributed by atoms with Gasteiger partial charge < -0.3 is 20.7 Å². The minimum atomic E-state index is -0.659. The second-order valence-corrected chi connectivity index (χ2v) is 5.66. The standard InChI is InChI=1S/C17H25N3O4/c1-6-11(3)18-15(21)12(4)19-17(23)20-14-8-7-13(9-10(14)2)16(22)24-5/h7-9,11-12H,6H2,1-5H3,(H,18,21)(H2,19,20,23)/t11-,12-/m1/s1. The Morgan fingerprint density at radius 3 is 2.38 bits per heavy atom. The molecule has 3 N–H and O–H groups in total. The van der Waals surface area contributed by atoms with E-state index in [4.69, 9.17) is 0 Å². The summed E-state index contributed by atoms with van der Waals surface area (Å²) in [5.41, 5.74) is 1.67. The summed E-state index contributed by atoms with van der Waals surface area (Å²) in [6.45, 7) is 7.25. The number of esters is 1. The van der Waals surface area contributed by atoms with Crippen LogP contribution in [0.3, 0.4) is 0 Å². The maximum atomic E-state index is 12.0. The number of hydrogen-bond donors (Lipinski definition) is 3. The topological polar surface area (TPSA) is 96.5 Å². The highest BCUT2D eigenvalue weighted by Gasteiger charge is 2.17. The van der Waals surface area contributed by atoms with Crippen LogP contribution in [-0.2, 0) is 9.53 Å². The van der Waals surface area contributed by atoms with Crippen molar-refractivity contribution in [3.05, 3.63) is 29.3 Å². The van der Waals surface area contributed by atoms with E-state index in [1.807, 2.05) is 13.8 Å². The van der Waals surface area contributed by atoms with E-state index < -0.39 is 18.0 Å². The van der Waals surface area contributed by atoms with Crippen LogP contribution >= 0.6 is 0 Å². The van der Waals surface area contributed by atoms with E-state index >= 15 is 0 Å². The van der Waals surface area contributed by atoms with Gasteiger partial charge in [-0.05, 0) is 51.0 Å². The fourth-order valence-corrected chi connectivity index (χ4v) is 1.94. The molecule has 1 aromatic rings.